The minimum Gasteiger partial charge on any atom is -0.395 e. The van der Waals surface area contributed by atoms with E-state index in [1.807, 2.05) is 13.8 Å². The van der Waals surface area contributed by atoms with Crippen LogP contribution in [0.15, 0.2) is 17.2 Å². The predicted molar refractivity (Wildman–Crippen MR) is 79.5 cm³/mol. The molecule has 1 aromatic heterocycles. The van der Waals surface area contributed by atoms with Gasteiger partial charge in [-0.25, -0.2) is 13.4 Å². The van der Waals surface area contributed by atoms with Crippen molar-refractivity contribution in [2.24, 2.45) is 0 Å². The number of pyridine rings is 1. The molecule has 0 aliphatic rings. The van der Waals surface area contributed by atoms with Crippen molar-refractivity contribution in [2.75, 3.05) is 31.6 Å². The first-order chi connectivity index (χ1) is 9.47. The second kappa shape index (κ2) is 7.78. The van der Waals surface area contributed by atoms with Crippen LogP contribution in [0.25, 0.3) is 0 Å². The van der Waals surface area contributed by atoms with Crippen molar-refractivity contribution in [2.45, 2.75) is 25.2 Å². The lowest BCUT2D eigenvalue weighted by Crippen LogP contribution is -2.34. The second-order valence-electron chi connectivity index (χ2n) is 4.16. The van der Waals surface area contributed by atoms with E-state index < -0.39 is 10.0 Å². The van der Waals surface area contributed by atoms with E-state index in [9.17, 15) is 8.42 Å². The molecule has 0 aliphatic carbocycles. The molecule has 1 heterocycles. The summed E-state index contributed by atoms with van der Waals surface area (Å²) < 4.78 is 26.1. The number of aliphatic hydroxyl groups is 1. The van der Waals surface area contributed by atoms with Crippen molar-refractivity contribution < 1.29 is 13.5 Å². The fourth-order valence-electron chi connectivity index (χ4n) is 1.72. The molecular weight excluding hydrogens is 302 g/mol. The summed E-state index contributed by atoms with van der Waals surface area (Å²) in [5, 5.41) is 12.2. The zero-order valence-electron chi connectivity index (χ0n) is 11.6. The van der Waals surface area contributed by atoms with Crippen LogP contribution in [-0.2, 0) is 10.0 Å². The highest BCUT2D eigenvalue weighted by atomic mass is 35.5. The van der Waals surface area contributed by atoms with Crippen LogP contribution in [-0.4, -0.2) is 49.1 Å². The van der Waals surface area contributed by atoms with Crippen LogP contribution in [0, 0.1) is 0 Å². The number of halogens is 1. The largest absolute Gasteiger partial charge is 0.395 e. The smallest absolute Gasteiger partial charge is 0.244 e. The number of sulfonamides is 1. The van der Waals surface area contributed by atoms with E-state index in [0.29, 0.717) is 25.3 Å². The summed E-state index contributed by atoms with van der Waals surface area (Å²) in [6.07, 6.45) is 1.94. The number of rotatable bonds is 8. The standard InChI is InChI=1S/C12H20ClN3O3S/c1-3-5-16(6-7-17)20(18,19)10-8-11(13)12(14-4-2)15-9-10/h8-9,17H,3-7H2,1-2H3,(H,14,15). The minimum atomic E-state index is -3.68. The number of hydrogen-bond acceptors (Lipinski definition) is 5. The highest BCUT2D eigenvalue weighted by molar-refractivity contribution is 7.89. The van der Waals surface area contributed by atoms with Gasteiger partial charge in [-0.15, -0.1) is 0 Å². The molecule has 0 aromatic carbocycles. The zero-order valence-corrected chi connectivity index (χ0v) is 13.2. The molecule has 0 radical (unpaired) electrons. The molecule has 0 saturated heterocycles. The Morgan fingerprint density at radius 1 is 1.40 bits per heavy atom. The van der Waals surface area contributed by atoms with E-state index in [1.165, 1.54) is 16.6 Å². The number of nitrogens with zero attached hydrogens (tertiary/aromatic N) is 2. The summed E-state index contributed by atoms with van der Waals surface area (Å²) in [6.45, 7) is 4.59. The van der Waals surface area contributed by atoms with Gasteiger partial charge >= 0.3 is 0 Å². The quantitative estimate of drug-likeness (QED) is 0.759. The summed E-state index contributed by atoms with van der Waals surface area (Å²) in [7, 11) is -3.68. The Morgan fingerprint density at radius 2 is 2.10 bits per heavy atom. The maximum Gasteiger partial charge on any atom is 0.244 e. The number of aliphatic hydroxyl groups excluding tert-OH is 1. The lowest BCUT2D eigenvalue weighted by Gasteiger charge is -2.20. The molecule has 0 amide bonds. The third-order valence-electron chi connectivity index (χ3n) is 2.62. The Morgan fingerprint density at radius 3 is 2.60 bits per heavy atom. The van der Waals surface area contributed by atoms with E-state index >= 15 is 0 Å². The van der Waals surface area contributed by atoms with E-state index in [1.54, 1.807) is 0 Å². The van der Waals surface area contributed by atoms with Crippen molar-refractivity contribution in [1.82, 2.24) is 9.29 Å². The molecule has 0 spiro atoms. The van der Waals surface area contributed by atoms with Gasteiger partial charge in [0.2, 0.25) is 10.0 Å². The number of aromatic nitrogens is 1. The predicted octanol–water partition coefficient (Wildman–Crippen LogP) is 1.56. The van der Waals surface area contributed by atoms with Gasteiger partial charge in [-0.2, -0.15) is 4.31 Å². The normalized spacial score (nSPS) is 11.8. The first-order valence-electron chi connectivity index (χ1n) is 6.47. The van der Waals surface area contributed by atoms with Crippen LogP contribution in [0.3, 0.4) is 0 Å². The van der Waals surface area contributed by atoms with Crippen LogP contribution in [0.2, 0.25) is 5.02 Å². The molecule has 8 heteroatoms. The van der Waals surface area contributed by atoms with Gasteiger partial charge in [0.05, 0.1) is 11.6 Å². The van der Waals surface area contributed by atoms with Gasteiger partial charge in [-0.05, 0) is 19.4 Å². The van der Waals surface area contributed by atoms with Crippen molar-refractivity contribution in [3.05, 3.63) is 17.3 Å². The van der Waals surface area contributed by atoms with Gasteiger partial charge in [-0.1, -0.05) is 18.5 Å². The SMILES string of the molecule is CCCN(CCO)S(=O)(=O)c1cnc(NCC)c(Cl)c1. The maximum atomic E-state index is 12.4. The maximum absolute atomic E-state index is 12.4. The molecule has 0 atom stereocenters. The van der Waals surface area contributed by atoms with Crippen LogP contribution < -0.4 is 5.32 Å². The molecule has 0 saturated carbocycles. The van der Waals surface area contributed by atoms with Crippen LogP contribution in [0.4, 0.5) is 5.82 Å². The van der Waals surface area contributed by atoms with Crippen molar-refractivity contribution in [3.63, 3.8) is 0 Å². The van der Waals surface area contributed by atoms with Gasteiger partial charge in [-0.3, -0.25) is 0 Å². The number of nitrogens with one attached hydrogen (secondary N) is 1. The Kier molecular flexibility index (Phi) is 6.67. The fourth-order valence-corrected chi connectivity index (χ4v) is 3.51. The summed E-state index contributed by atoms with van der Waals surface area (Å²) in [4.78, 5) is 4.06. The van der Waals surface area contributed by atoms with Crippen LogP contribution in [0.1, 0.15) is 20.3 Å². The van der Waals surface area contributed by atoms with Crippen molar-refractivity contribution in [1.29, 1.82) is 0 Å². The Hall–Kier alpha value is -0.890. The lowest BCUT2D eigenvalue weighted by molar-refractivity contribution is 0.253. The van der Waals surface area contributed by atoms with E-state index in [4.69, 9.17) is 16.7 Å². The first-order valence-corrected chi connectivity index (χ1v) is 8.29. The summed E-state index contributed by atoms with van der Waals surface area (Å²) >= 11 is 6.02. The van der Waals surface area contributed by atoms with Crippen LogP contribution >= 0.6 is 11.6 Å². The molecule has 0 bridgehead atoms. The van der Waals surface area contributed by atoms with Gasteiger partial charge in [0, 0.05) is 25.8 Å². The minimum absolute atomic E-state index is 0.0334. The van der Waals surface area contributed by atoms with Gasteiger partial charge in [0.25, 0.3) is 0 Å². The monoisotopic (exact) mass is 321 g/mol. The number of anilines is 1. The van der Waals surface area contributed by atoms with Crippen molar-refractivity contribution >= 4 is 27.4 Å². The van der Waals surface area contributed by atoms with Crippen molar-refractivity contribution in [3.8, 4) is 0 Å². The summed E-state index contributed by atoms with van der Waals surface area (Å²) in [5.41, 5.74) is 0. The van der Waals surface area contributed by atoms with Gasteiger partial charge in [0.1, 0.15) is 10.7 Å². The summed E-state index contributed by atoms with van der Waals surface area (Å²) in [6, 6.07) is 1.38. The Bertz CT molecular complexity index is 531. The molecule has 114 valence electrons. The highest BCUT2D eigenvalue weighted by Crippen LogP contribution is 2.24. The topological polar surface area (TPSA) is 82.5 Å². The summed E-state index contributed by atoms with van der Waals surface area (Å²) in [5.74, 6) is 0.456. The zero-order chi connectivity index (χ0) is 15.2. The van der Waals surface area contributed by atoms with Gasteiger partial charge in [0.15, 0.2) is 0 Å². The number of hydrogen-bond donors (Lipinski definition) is 2. The van der Waals surface area contributed by atoms with E-state index in [-0.39, 0.29) is 23.1 Å². The molecule has 20 heavy (non-hydrogen) atoms. The third kappa shape index (κ3) is 4.05. The van der Waals surface area contributed by atoms with Crippen LogP contribution in [0.5, 0.6) is 0 Å². The molecule has 1 aromatic rings. The van der Waals surface area contributed by atoms with Gasteiger partial charge < -0.3 is 10.4 Å². The average Bonchev–Trinajstić information content (AvgIpc) is 2.41. The first kappa shape index (κ1) is 17.2. The fraction of sp³-hybridized carbons (Fsp3) is 0.583. The highest BCUT2D eigenvalue weighted by Gasteiger charge is 2.24. The molecule has 1 rings (SSSR count). The Labute approximate surface area is 124 Å². The molecule has 0 aliphatic heterocycles. The third-order valence-corrected chi connectivity index (χ3v) is 4.77. The van der Waals surface area contributed by atoms with E-state index in [2.05, 4.69) is 10.3 Å². The lowest BCUT2D eigenvalue weighted by atomic mass is 10.4. The van der Waals surface area contributed by atoms with E-state index in [0.717, 1.165) is 0 Å². The average molecular weight is 322 g/mol. The molecular formula is C12H20ClN3O3S. The molecule has 6 nitrogen and oxygen atoms in total. The Balaban J connectivity index is 3.10. The molecule has 0 fully saturated rings. The molecule has 0 unspecified atom stereocenters. The second-order valence-corrected chi connectivity index (χ2v) is 6.50. The molecule has 2 N–H and O–H groups in total.